The zero-order valence-corrected chi connectivity index (χ0v) is 15.5. The summed E-state index contributed by atoms with van der Waals surface area (Å²) in [4.78, 5) is 18.4. The number of hydrogen-bond donors (Lipinski definition) is 1. The molecular weight excluding hydrogens is 306 g/mol. The minimum Gasteiger partial charge on any atom is -0.348 e. The second-order valence-corrected chi connectivity index (χ2v) is 7.58. The second-order valence-electron chi connectivity index (χ2n) is 6.25. The average molecular weight is 336 g/mol. The van der Waals surface area contributed by atoms with Crippen molar-refractivity contribution < 1.29 is 4.79 Å². The first kappa shape index (κ1) is 18.3. The molecule has 23 heavy (non-hydrogen) atoms. The van der Waals surface area contributed by atoms with Gasteiger partial charge in [0.05, 0.1) is 12.1 Å². The SMILES string of the molecule is CCSc1ccc(C(C)NC(=O)C(C)N2CCN(C)CC2)cc1. The predicted octanol–water partition coefficient (Wildman–Crippen LogP) is 2.61. The zero-order chi connectivity index (χ0) is 16.8. The van der Waals surface area contributed by atoms with E-state index >= 15 is 0 Å². The van der Waals surface area contributed by atoms with Crippen LogP contribution in [0.5, 0.6) is 0 Å². The van der Waals surface area contributed by atoms with Gasteiger partial charge in [-0.25, -0.2) is 0 Å². The van der Waals surface area contributed by atoms with Gasteiger partial charge in [0.1, 0.15) is 0 Å². The van der Waals surface area contributed by atoms with Gasteiger partial charge in [0.2, 0.25) is 5.91 Å². The highest BCUT2D eigenvalue weighted by atomic mass is 32.2. The summed E-state index contributed by atoms with van der Waals surface area (Å²) in [7, 11) is 2.13. The fourth-order valence-electron chi connectivity index (χ4n) is 2.81. The molecule has 1 aliphatic rings. The Labute approximate surface area is 144 Å². The molecule has 1 aromatic carbocycles. The van der Waals surface area contributed by atoms with Crippen LogP contribution in [0.3, 0.4) is 0 Å². The van der Waals surface area contributed by atoms with Gasteiger partial charge < -0.3 is 10.2 Å². The third kappa shape index (κ3) is 5.23. The number of nitrogens with zero attached hydrogens (tertiary/aromatic N) is 2. The number of carbonyl (C=O) groups excluding carboxylic acids is 1. The number of thioether (sulfide) groups is 1. The van der Waals surface area contributed by atoms with Crippen LogP contribution in [0.4, 0.5) is 0 Å². The van der Waals surface area contributed by atoms with Crippen molar-refractivity contribution in [3.05, 3.63) is 29.8 Å². The van der Waals surface area contributed by atoms with Gasteiger partial charge in [-0.15, -0.1) is 11.8 Å². The van der Waals surface area contributed by atoms with E-state index in [1.54, 1.807) is 0 Å². The maximum absolute atomic E-state index is 12.5. The fourth-order valence-corrected chi connectivity index (χ4v) is 3.47. The van der Waals surface area contributed by atoms with Gasteiger partial charge in [0.15, 0.2) is 0 Å². The molecule has 1 amide bonds. The maximum atomic E-state index is 12.5. The van der Waals surface area contributed by atoms with Crippen molar-refractivity contribution in [2.45, 2.75) is 37.8 Å². The van der Waals surface area contributed by atoms with Gasteiger partial charge in [0, 0.05) is 31.1 Å². The summed E-state index contributed by atoms with van der Waals surface area (Å²) in [6, 6.07) is 8.47. The van der Waals surface area contributed by atoms with Crippen LogP contribution < -0.4 is 5.32 Å². The van der Waals surface area contributed by atoms with Crippen LogP contribution in [0.15, 0.2) is 29.2 Å². The molecular formula is C18H29N3OS. The molecule has 4 nitrogen and oxygen atoms in total. The Balaban J connectivity index is 1.88. The monoisotopic (exact) mass is 335 g/mol. The van der Waals surface area contributed by atoms with Crippen LogP contribution in [0.25, 0.3) is 0 Å². The summed E-state index contributed by atoms with van der Waals surface area (Å²) in [5, 5.41) is 3.15. The van der Waals surface area contributed by atoms with Gasteiger partial charge >= 0.3 is 0 Å². The van der Waals surface area contributed by atoms with Crippen molar-refractivity contribution in [3.63, 3.8) is 0 Å². The van der Waals surface area contributed by atoms with Gasteiger partial charge in [-0.1, -0.05) is 19.1 Å². The van der Waals surface area contributed by atoms with E-state index in [-0.39, 0.29) is 18.0 Å². The van der Waals surface area contributed by atoms with E-state index in [2.05, 4.69) is 60.3 Å². The lowest BCUT2D eigenvalue weighted by molar-refractivity contribution is -0.127. The van der Waals surface area contributed by atoms with Crippen molar-refractivity contribution in [3.8, 4) is 0 Å². The number of amides is 1. The minimum atomic E-state index is -0.0685. The second kappa shape index (κ2) is 8.71. The highest BCUT2D eigenvalue weighted by molar-refractivity contribution is 7.99. The molecule has 1 saturated heterocycles. The van der Waals surface area contributed by atoms with Crippen molar-refractivity contribution in [2.75, 3.05) is 39.0 Å². The Morgan fingerprint density at radius 3 is 2.35 bits per heavy atom. The molecule has 1 heterocycles. The summed E-state index contributed by atoms with van der Waals surface area (Å²) in [5.74, 6) is 1.20. The highest BCUT2D eigenvalue weighted by Gasteiger charge is 2.25. The van der Waals surface area contributed by atoms with E-state index in [9.17, 15) is 4.79 Å². The lowest BCUT2D eigenvalue weighted by Gasteiger charge is -2.36. The van der Waals surface area contributed by atoms with Gasteiger partial charge in [0.25, 0.3) is 0 Å². The number of carbonyl (C=O) groups is 1. The zero-order valence-electron chi connectivity index (χ0n) is 14.7. The third-order valence-electron chi connectivity index (χ3n) is 4.51. The first-order valence-electron chi connectivity index (χ1n) is 8.47. The Morgan fingerprint density at radius 2 is 1.78 bits per heavy atom. The van der Waals surface area contributed by atoms with Crippen LogP contribution >= 0.6 is 11.8 Å². The number of rotatable bonds is 6. The molecule has 0 radical (unpaired) electrons. The van der Waals surface area contributed by atoms with E-state index in [0.717, 1.165) is 37.5 Å². The summed E-state index contributed by atoms with van der Waals surface area (Å²) in [5.41, 5.74) is 1.16. The summed E-state index contributed by atoms with van der Waals surface area (Å²) in [6.07, 6.45) is 0. The van der Waals surface area contributed by atoms with Crippen molar-refractivity contribution >= 4 is 17.7 Å². The maximum Gasteiger partial charge on any atom is 0.237 e. The van der Waals surface area contributed by atoms with Crippen molar-refractivity contribution in [1.29, 1.82) is 0 Å². The number of benzene rings is 1. The summed E-state index contributed by atoms with van der Waals surface area (Å²) >= 11 is 1.84. The van der Waals surface area contributed by atoms with E-state index < -0.39 is 0 Å². The number of hydrogen-bond acceptors (Lipinski definition) is 4. The van der Waals surface area contributed by atoms with Crippen LogP contribution in [-0.2, 0) is 4.79 Å². The normalized spacial score (nSPS) is 19.3. The summed E-state index contributed by atoms with van der Waals surface area (Å²) < 4.78 is 0. The summed E-state index contributed by atoms with van der Waals surface area (Å²) in [6.45, 7) is 10.2. The Kier molecular flexibility index (Phi) is 6.93. The molecule has 0 spiro atoms. The molecule has 1 aromatic rings. The molecule has 5 heteroatoms. The third-order valence-corrected chi connectivity index (χ3v) is 5.41. The first-order chi connectivity index (χ1) is 11.0. The van der Waals surface area contributed by atoms with E-state index in [4.69, 9.17) is 0 Å². The molecule has 2 unspecified atom stereocenters. The molecule has 2 atom stereocenters. The van der Waals surface area contributed by atoms with Gasteiger partial charge in [-0.05, 0) is 44.3 Å². The standard InChI is InChI=1S/C18H29N3OS/c1-5-23-17-8-6-16(7-9-17)14(2)19-18(22)15(3)21-12-10-20(4)11-13-21/h6-9,14-15H,5,10-13H2,1-4H3,(H,19,22). The lowest BCUT2D eigenvalue weighted by Crippen LogP contribution is -2.53. The number of likely N-dealkylation sites (N-methyl/N-ethyl adjacent to an activating group) is 1. The largest absolute Gasteiger partial charge is 0.348 e. The molecule has 0 aliphatic carbocycles. The fraction of sp³-hybridized carbons (Fsp3) is 0.611. The van der Waals surface area contributed by atoms with Gasteiger partial charge in [-0.3, -0.25) is 9.69 Å². The molecule has 1 fully saturated rings. The number of piperazine rings is 1. The van der Waals surface area contributed by atoms with E-state index in [1.165, 1.54) is 4.90 Å². The first-order valence-corrected chi connectivity index (χ1v) is 9.45. The van der Waals surface area contributed by atoms with Crippen molar-refractivity contribution in [1.82, 2.24) is 15.1 Å². The molecule has 0 aromatic heterocycles. The van der Waals surface area contributed by atoms with Gasteiger partial charge in [-0.2, -0.15) is 0 Å². The Bertz CT molecular complexity index is 497. The Hall–Kier alpha value is -1.04. The number of nitrogens with one attached hydrogen (secondary N) is 1. The highest BCUT2D eigenvalue weighted by Crippen LogP contribution is 2.21. The van der Waals surface area contributed by atoms with E-state index in [1.807, 2.05) is 18.7 Å². The minimum absolute atomic E-state index is 0.0399. The quantitative estimate of drug-likeness (QED) is 0.811. The molecule has 2 rings (SSSR count). The molecule has 0 bridgehead atoms. The van der Waals surface area contributed by atoms with Crippen LogP contribution in [0.1, 0.15) is 32.4 Å². The predicted molar refractivity (Wildman–Crippen MR) is 97.9 cm³/mol. The molecule has 1 aliphatic heterocycles. The molecule has 0 saturated carbocycles. The molecule has 1 N–H and O–H groups in total. The van der Waals surface area contributed by atoms with Crippen molar-refractivity contribution in [2.24, 2.45) is 0 Å². The van der Waals surface area contributed by atoms with Crippen LogP contribution in [0.2, 0.25) is 0 Å². The molecule has 128 valence electrons. The lowest BCUT2D eigenvalue weighted by atomic mass is 10.1. The smallest absolute Gasteiger partial charge is 0.237 e. The average Bonchev–Trinajstić information content (AvgIpc) is 2.55. The van der Waals surface area contributed by atoms with Crippen LogP contribution in [0, 0.1) is 0 Å². The van der Waals surface area contributed by atoms with E-state index in [0.29, 0.717) is 0 Å². The van der Waals surface area contributed by atoms with Crippen LogP contribution in [-0.4, -0.2) is 60.7 Å². The topological polar surface area (TPSA) is 35.6 Å². The Morgan fingerprint density at radius 1 is 1.17 bits per heavy atom.